The van der Waals surface area contributed by atoms with Gasteiger partial charge < -0.3 is 19.1 Å². The molecule has 4 aromatic rings. The van der Waals surface area contributed by atoms with Gasteiger partial charge in [-0.2, -0.15) is 0 Å². The number of ether oxygens (including phenoxy) is 1. The lowest BCUT2D eigenvalue weighted by Crippen LogP contribution is -2.55. The highest BCUT2D eigenvalue weighted by atomic mass is 32.1. The standard InChI is InChI=1S/C27H26FN3O3S/c1-18-16-29(11-12-30(18)25(32)19-7-5-8-22(28)14-19)26(33)23-15-20-10-13-35-27(20)31(23)17-21-6-3-4-9-24(21)34-2/h3-10,13-15,18H,11-12,16-17H2,1-2H3. The molecule has 1 unspecified atom stereocenters. The summed E-state index contributed by atoms with van der Waals surface area (Å²) in [5.74, 6) is 0.0626. The second kappa shape index (κ2) is 9.54. The molecule has 35 heavy (non-hydrogen) atoms. The summed E-state index contributed by atoms with van der Waals surface area (Å²) in [7, 11) is 1.65. The molecular formula is C27H26FN3O3S. The third-order valence-electron chi connectivity index (χ3n) is 6.49. The van der Waals surface area contributed by atoms with E-state index in [2.05, 4.69) is 4.57 Å². The molecule has 0 N–H and O–H groups in total. The van der Waals surface area contributed by atoms with Crippen LogP contribution in [0.1, 0.15) is 33.3 Å². The van der Waals surface area contributed by atoms with Crippen molar-refractivity contribution in [2.45, 2.75) is 19.5 Å². The molecule has 1 fully saturated rings. The number of aromatic nitrogens is 1. The van der Waals surface area contributed by atoms with Gasteiger partial charge in [-0.05, 0) is 48.7 Å². The quantitative estimate of drug-likeness (QED) is 0.400. The van der Waals surface area contributed by atoms with Crippen LogP contribution in [0.4, 0.5) is 4.39 Å². The minimum Gasteiger partial charge on any atom is -0.496 e. The van der Waals surface area contributed by atoms with E-state index in [0.717, 1.165) is 21.5 Å². The second-order valence-electron chi connectivity index (χ2n) is 8.72. The first kappa shape index (κ1) is 23.1. The number of methoxy groups -OCH3 is 1. The van der Waals surface area contributed by atoms with Crippen LogP contribution in [0.2, 0.25) is 0 Å². The molecule has 2 aromatic heterocycles. The fourth-order valence-electron chi connectivity index (χ4n) is 4.71. The Hall–Kier alpha value is -3.65. The third-order valence-corrected chi connectivity index (χ3v) is 7.44. The molecule has 1 aliphatic rings. The monoisotopic (exact) mass is 491 g/mol. The average molecular weight is 492 g/mol. The fourth-order valence-corrected chi connectivity index (χ4v) is 5.60. The van der Waals surface area contributed by atoms with Crippen molar-refractivity contribution >= 4 is 33.4 Å². The molecule has 0 spiro atoms. The maximum atomic E-state index is 13.7. The Balaban J connectivity index is 1.38. The van der Waals surface area contributed by atoms with Crippen LogP contribution in [0.5, 0.6) is 5.75 Å². The molecular weight excluding hydrogens is 465 g/mol. The minimum absolute atomic E-state index is 0.0620. The van der Waals surface area contributed by atoms with Crippen molar-refractivity contribution in [2.75, 3.05) is 26.7 Å². The zero-order valence-corrected chi connectivity index (χ0v) is 20.4. The van der Waals surface area contributed by atoms with E-state index < -0.39 is 5.82 Å². The van der Waals surface area contributed by atoms with Gasteiger partial charge in [-0.15, -0.1) is 11.3 Å². The number of hydrogen-bond acceptors (Lipinski definition) is 4. The lowest BCUT2D eigenvalue weighted by molar-refractivity contribution is 0.0409. The predicted molar refractivity (Wildman–Crippen MR) is 135 cm³/mol. The normalized spacial score (nSPS) is 16.0. The van der Waals surface area contributed by atoms with E-state index in [9.17, 15) is 14.0 Å². The summed E-state index contributed by atoms with van der Waals surface area (Å²) in [5.41, 5.74) is 1.94. The number of benzene rings is 2. The van der Waals surface area contributed by atoms with Crippen LogP contribution in [0, 0.1) is 5.82 Å². The highest BCUT2D eigenvalue weighted by molar-refractivity contribution is 7.16. The SMILES string of the molecule is COc1ccccc1Cn1c(C(=O)N2CCN(C(=O)c3cccc(F)c3)C(C)C2)cc2ccsc21. The van der Waals surface area contributed by atoms with Gasteiger partial charge in [0.1, 0.15) is 22.1 Å². The maximum absolute atomic E-state index is 13.7. The van der Waals surface area contributed by atoms with E-state index in [1.54, 1.807) is 34.3 Å². The van der Waals surface area contributed by atoms with Crippen molar-refractivity contribution in [2.24, 2.45) is 0 Å². The van der Waals surface area contributed by atoms with E-state index in [-0.39, 0.29) is 17.9 Å². The summed E-state index contributed by atoms with van der Waals surface area (Å²) < 4.78 is 21.2. The van der Waals surface area contributed by atoms with E-state index >= 15 is 0 Å². The Morgan fingerprint density at radius 2 is 1.89 bits per heavy atom. The van der Waals surface area contributed by atoms with Crippen LogP contribution in [0.3, 0.4) is 0 Å². The van der Waals surface area contributed by atoms with Crippen LogP contribution in [-0.2, 0) is 6.54 Å². The number of para-hydroxylation sites is 1. The number of amides is 2. The van der Waals surface area contributed by atoms with Gasteiger partial charge in [0, 0.05) is 42.2 Å². The van der Waals surface area contributed by atoms with Gasteiger partial charge in [0.25, 0.3) is 11.8 Å². The summed E-state index contributed by atoms with van der Waals surface area (Å²) >= 11 is 1.60. The number of carbonyl (C=O) groups is 2. The second-order valence-corrected chi connectivity index (χ2v) is 9.61. The Morgan fingerprint density at radius 3 is 2.66 bits per heavy atom. The third kappa shape index (κ3) is 4.41. The van der Waals surface area contributed by atoms with E-state index in [1.165, 1.54) is 18.2 Å². The van der Waals surface area contributed by atoms with Crippen molar-refractivity contribution in [3.05, 3.63) is 88.7 Å². The molecule has 6 nitrogen and oxygen atoms in total. The van der Waals surface area contributed by atoms with Crippen LogP contribution >= 0.6 is 11.3 Å². The number of rotatable bonds is 5. The first-order chi connectivity index (χ1) is 17.0. The Morgan fingerprint density at radius 1 is 1.06 bits per heavy atom. The number of fused-ring (bicyclic) bond motifs is 1. The number of carbonyl (C=O) groups excluding carboxylic acids is 2. The molecule has 0 saturated carbocycles. The Labute approximate surface area is 207 Å². The first-order valence-corrected chi connectivity index (χ1v) is 12.4. The van der Waals surface area contributed by atoms with Gasteiger partial charge in [-0.3, -0.25) is 9.59 Å². The van der Waals surface area contributed by atoms with Gasteiger partial charge in [0.05, 0.1) is 13.7 Å². The maximum Gasteiger partial charge on any atom is 0.270 e. The number of halogens is 1. The van der Waals surface area contributed by atoms with Crippen molar-refractivity contribution in [3.63, 3.8) is 0 Å². The Kier molecular flexibility index (Phi) is 6.30. The van der Waals surface area contributed by atoms with Crippen LogP contribution < -0.4 is 4.74 Å². The largest absolute Gasteiger partial charge is 0.496 e. The van der Waals surface area contributed by atoms with Crippen molar-refractivity contribution in [1.82, 2.24) is 14.4 Å². The fraction of sp³-hybridized carbons (Fsp3) is 0.259. The van der Waals surface area contributed by atoms with Gasteiger partial charge in [-0.25, -0.2) is 4.39 Å². The predicted octanol–water partition coefficient (Wildman–Crippen LogP) is 4.89. The zero-order valence-electron chi connectivity index (χ0n) is 19.6. The summed E-state index contributed by atoms with van der Waals surface area (Å²) in [6.07, 6.45) is 0. The molecule has 2 amide bonds. The lowest BCUT2D eigenvalue weighted by atomic mass is 10.1. The van der Waals surface area contributed by atoms with E-state index in [0.29, 0.717) is 37.4 Å². The average Bonchev–Trinajstić information content (AvgIpc) is 3.46. The highest BCUT2D eigenvalue weighted by Gasteiger charge is 2.32. The lowest BCUT2D eigenvalue weighted by Gasteiger charge is -2.40. The van der Waals surface area contributed by atoms with Gasteiger partial charge >= 0.3 is 0 Å². The van der Waals surface area contributed by atoms with Crippen LogP contribution in [-0.4, -0.2) is 59.0 Å². The summed E-state index contributed by atoms with van der Waals surface area (Å²) in [6, 6.07) is 17.3. The van der Waals surface area contributed by atoms with Gasteiger partial charge in [0.15, 0.2) is 0 Å². The number of nitrogens with zero attached hydrogens (tertiary/aromatic N) is 3. The van der Waals surface area contributed by atoms with E-state index in [1.807, 2.05) is 48.7 Å². The smallest absolute Gasteiger partial charge is 0.270 e. The Bertz CT molecular complexity index is 1400. The summed E-state index contributed by atoms with van der Waals surface area (Å²) in [6.45, 7) is 3.65. The number of hydrogen-bond donors (Lipinski definition) is 0. The van der Waals surface area contributed by atoms with Gasteiger partial charge in [0.2, 0.25) is 0 Å². The summed E-state index contributed by atoms with van der Waals surface area (Å²) in [5, 5.41) is 3.05. The van der Waals surface area contributed by atoms with Crippen molar-refractivity contribution in [3.8, 4) is 5.75 Å². The molecule has 0 aliphatic carbocycles. The molecule has 5 rings (SSSR count). The molecule has 0 bridgehead atoms. The van der Waals surface area contributed by atoms with E-state index in [4.69, 9.17) is 4.74 Å². The molecule has 1 aliphatic heterocycles. The number of thiophene rings is 1. The van der Waals surface area contributed by atoms with Gasteiger partial charge in [-0.1, -0.05) is 24.3 Å². The minimum atomic E-state index is -0.437. The zero-order chi connectivity index (χ0) is 24.5. The highest BCUT2D eigenvalue weighted by Crippen LogP contribution is 2.29. The molecule has 2 aromatic carbocycles. The molecule has 3 heterocycles. The molecule has 8 heteroatoms. The topological polar surface area (TPSA) is 54.8 Å². The molecule has 180 valence electrons. The van der Waals surface area contributed by atoms with Crippen LogP contribution in [0.15, 0.2) is 66.0 Å². The van der Waals surface area contributed by atoms with Crippen molar-refractivity contribution in [1.29, 1.82) is 0 Å². The summed E-state index contributed by atoms with van der Waals surface area (Å²) in [4.78, 5) is 31.2. The van der Waals surface area contributed by atoms with Crippen molar-refractivity contribution < 1.29 is 18.7 Å². The number of piperazine rings is 1. The molecule has 1 saturated heterocycles. The first-order valence-electron chi connectivity index (χ1n) is 11.5. The molecule has 0 radical (unpaired) electrons. The van der Waals surface area contributed by atoms with Crippen LogP contribution in [0.25, 0.3) is 10.2 Å². The molecule has 1 atom stereocenters.